The van der Waals surface area contributed by atoms with Crippen LogP contribution >= 0.6 is 0 Å². The van der Waals surface area contributed by atoms with Gasteiger partial charge in [-0.2, -0.15) is 0 Å². The van der Waals surface area contributed by atoms with Crippen LogP contribution in [0.4, 0.5) is 0 Å². The first-order valence-electron chi connectivity index (χ1n) is 9.61. The Kier molecular flexibility index (Phi) is 17.9. The summed E-state index contributed by atoms with van der Waals surface area (Å²) in [6, 6.07) is 0. The molecule has 0 spiro atoms. The van der Waals surface area contributed by atoms with Gasteiger partial charge in [0, 0.05) is 13.0 Å². The molecule has 158 valence electrons. The minimum atomic E-state index is -0.721. The zero-order valence-electron chi connectivity index (χ0n) is 16.1. The van der Waals surface area contributed by atoms with Crippen LogP contribution < -0.4 is 5.32 Å². The summed E-state index contributed by atoms with van der Waals surface area (Å²) >= 11 is 0. The van der Waals surface area contributed by atoms with Gasteiger partial charge in [0.25, 0.3) is 0 Å². The number of carboxylic acid groups (broad SMARTS) is 1. The molecule has 0 saturated carbocycles. The lowest BCUT2D eigenvalue weighted by atomic mass is 10.1. The van der Waals surface area contributed by atoms with E-state index in [0.29, 0.717) is 18.0 Å². The maximum Gasteiger partial charge on any atom is 0.303 e. The van der Waals surface area contributed by atoms with Crippen LogP contribution in [-0.4, -0.2) is 73.2 Å². The Labute approximate surface area is 161 Å². The molecule has 0 bridgehead atoms. The van der Waals surface area contributed by atoms with Gasteiger partial charge in [-0.3, -0.25) is 19.6 Å². The Balaban J connectivity index is 3.21. The highest BCUT2D eigenvalue weighted by Crippen LogP contribution is 2.09. The number of hydrogen-bond acceptors (Lipinski definition) is 6. The molecule has 0 atom stereocenters. The van der Waals surface area contributed by atoms with E-state index in [4.69, 9.17) is 19.8 Å². The summed E-state index contributed by atoms with van der Waals surface area (Å²) in [7, 11) is 0. The molecule has 9 nitrogen and oxygen atoms in total. The molecule has 0 aliphatic carbocycles. The molecule has 0 saturated heterocycles. The van der Waals surface area contributed by atoms with Crippen molar-refractivity contribution in [3.05, 3.63) is 0 Å². The number of unbranched alkanes of at least 4 members (excludes halogenated alkanes) is 7. The second-order valence-corrected chi connectivity index (χ2v) is 6.26. The van der Waals surface area contributed by atoms with Crippen LogP contribution in [0.15, 0.2) is 0 Å². The molecule has 0 heterocycles. The van der Waals surface area contributed by atoms with E-state index in [9.17, 15) is 14.4 Å². The number of carbonyl (C=O) groups excluding carboxylic acids is 2. The van der Waals surface area contributed by atoms with Gasteiger partial charge in [-0.1, -0.05) is 38.5 Å². The van der Waals surface area contributed by atoms with Crippen LogP contribution in [-0.2, 0) is 23.9 Å². The van der Waals surface area contributed by atoms with Gasteiger partial charge < -0.3 is 19.9 Å². The van der Waals surface area contributed by atoms with Crippen molar-refractivity contribution in [3.63, 3.8) is 0 Å². The Morgan fingerprint density at radius 1 is 0.889 bits per heavy atom. The highest BCUT2D eigenvalue weighted by atomic mass is 16.5. The standard InChI is InChI=1S/C18H34N2O7/c21-16-20(25)11-12-26-13-14-27-15-17(22)19-10-8-6-4-2-1-3-5-7-9-18(23)24/h16,25H,1-15H2,(H,19,22)(H,23,24). The zero-order valence-corrected chi connectivity index (χ0v) is 16.1. The summed E-state index contributed by atoms with van der Waals surface area (Å²) in [6.45, 7) is 1.47. The summed E-state index contributed by atoms with van der Waals surface area (Å²) in [4.78, 5) is 32.0. The lowest BCUT2D eigenvalue weighted by molar-refractivity contribution is -0.152. The molecule has 2 amide bonds. The molecule has 0 aliphatic heterocycles. The number of nitrogens with one attached hydrogen (secondary N) is 1. The Bertz CT molecular complexity index is 394. The van der Waals surface area contributed by atoms with Crippen molar-refractivity contribution in [2.75, 3.05) is 39.5 Å². The van der Waals surface area contributed by atoms with Crippen molar-refractivity contribution in [1.82, 2.24) is 10.4 Å². The molecular weight excluding hydrogens is 356 g/mol. The van der Waals surface area contributed by atoms with Crippen LogP contribution in [0.3, 0.4) is 0 Å². The Hall–Kier alpha value is -1.71. The minimum Gasteiger partial charge on any atom is -0.481 e. The lowest BCUT2D eigenvalue weighted by Crippen LogP contribution is -2.29. The first-order chi connectivity index (χ1) is 13.1. The number of amides is 2. The monoisotopic (exact) mass is 390 g/mol. The van der Waals surface area contributed by atoms with Gasteiger partial charge in [0.05, 0.1) is 26.4 Å². The molecule has 0 rings (SSSR count). The average Bonchev–Trinajstić information content (AvgIpc) is 2.64. The number of ether oxygens (including phenoxy) is 2. The predicted octanol–water partition coefficient (Wildman–Crippen LogP) is 1.58. The highest BCUT2D eigenvalue weighted by molar-refractivity contribution is 5.77. The van der Waals surface area contributed by atoms with E-state index in [2.05, 4.69) is 5.32 Å². The number of rotatable bonds is 20. The van der Waals surface area contributed by atoms with E-state index in [1.54, 1.807) is 0 Å². The highest BCUT2D eigenvalue weighted by Gasteiger charge is 2.01. The Morgan fingerprint density at radius 2 is 1.48 bits per heavy atom. The van der Waals surface area contributed by atoms with E-state index in [-0.39, 0.29) is 45.3 Å². The molecule has 9 heteroatoms. The van der Waals surface area contributed by atoms with Gasteiger partial charge in [-0.25, -0.2) is 5.06 Å². The molecule has 0 unspecified atom stereocenters. The van der Waals surface area contributed by atoms with Gasteiger partial charge in [0.2, 0.25) is 12.3 Å². The van der Waals surface area contributed by atoms with E-state index >= 15 is 0 Å². The zero-order chi connectivity index (χ0) is 20.2. The first kappa shape index (κ1) is 25.3. The third kappa shape index (κ3) is 20.5. The Morgan fingerprint density at radius 3 is 2.11 bits per heavy atom. The minimum absolute atomic E-state index is 0.0137. The van der Waals surface area contributed by atoms with E-state index in [1.165, 1.54) is 0 Å². The van der Waals surface area contributed by atoms with Gasteiger partial charge in [0.15, 0.2) is 0 Å². The molecule has 0 aromatic heterocycles. The number of aliphatic carboxylic acids is 1. The quantitative estimate of drug-likeness (QED) is 0.125. The number of hydroxylamine groups is 2. The summed E-state index contributed by atoms with van der Waals surface area (Å²) < 4.78 is 10.3. The smallest absolute Gasteiger partial charge is 0.303 e. The van der Waals surface area contributed by atoms with Crippen LogP contribution in [0.25, 0.3) is 0 Å². The van der Waals surface area contributed by atoms with Crippen LogP contribution in [0, 0.1) is 0 Å². The SMILES string of the molecule is O=CN(O)CCOCCOCC(=O)NCCCCCCCCCCC(=O)O. The lowest BCUT2D eigenvalue weighted by Gasteiger charge is -2.09. The maximum absolute atomic E-state index is 11.5. The number of carbonyl (C=O) groups is 3. The fourth-order valence-corrected chi connectivity index (χ4v) is 2.34. The first-order valence-corrected chi connectivity index (χ1v) is 9.61. The fraction of sp³-hybridized carbons (Fsp3) is 0.833. The summed E-state index contributed by atoms with van der Waals surface area (Å²) in [5.74, 6) is -0.878. The topological polar surface area (TPSA) is 125 Å². The van der Waals surface area contributed by atoms with Gasteiger partial charge in [-0.15, -0.1) is 0 Å². The van der Waals surface area contributed by atoms with Crippen LogP contribution in [0.5, 0.6) is 0 Å². The van der Waals surface area contributed by atoms with Gasteiger partial charge in [0.1, 0.15) is 6.61 Å². The summed E-state index contributed by atoms with van der Waals surface area (Å²) in [5, 5.41) is 20.7. The molecule has 0 aromatic carbocycles. The van der Waals surface area contributed by atoms with Crippen molar-refractivity contribution in [3.8, 4) is 0 Å². The molecule has 0 radical (unpaired) electrons. The summed E-state index contributed by atoms with van der Waals surface area (Å²) in [5.41, 5.74) is 0. The second kappa shape index (κ2) is 19.1. The van der Waals surface area contributed by atoms with Crippen molar-refractivity contribution < 1.29 is 34.2 Å². The van der Waals surface area contributed by atoms with E-state index in [1.807, 2.05) is 0 Å². The second-order valence-electron chi connectivity index (χ2n) is 6.26. The molecule has 0 aromatic rings. The van der Waals surface area contributed by atoms with Crippen molar-refractivity contribution in [1.29, 1.82) is 0 Å². The summed E-state index contributed by atoms with van der Waals surface area (Å²) in [6.07, 6.45) is 8.78. The van der Waals surface area contributed by atoms with Crippen molar-refractivity contribution >= 4 is 18.3 Å². The van der Waals surface area contributed by atoms with E-state index in [0.717, 1.165) is 51.4 Å². The van der Waals surface area contributed by atoms with Crippen LogP contribution in [0.2, 0.25) is 0 Å². The largest absolute Gasteiger partial charge is 0.481 e. The fourth-order valence-electron chi connectivity index (χ4n) is 2.34. The molecule has 3 N–H and O–H groups in total. The van der Waals surface area contributed by atoms with E-state index < -0.39 is 5.97 Å². The van der Waals surface area contributed by atoms with Crippen LogP contribution in [0.1, 0.15) is 57.8 Å². The van der Waals surface area contributed by atoms with Gasteiger partial charge >= 0.3 is 5.97 Å². The maximum atomic E-state index is 11.5. The molecular formula is C18H34N2O7. The molecule has 27 heavy (non-hydrogen) atoms. The molecule has 0 fully saturated rings. The number of hydrogen-bond donors (Lipinski definition) is 3. The number of carboxylic acids is 1. The van der Waals surface area contributed by atoms with Crippen molar-refractivity contribution in [2.24, 2.45) is 0 Å². The predicted molar refractivity (Wildman–Crippen MR) is 98.4 cm³/mol. The van der Waals surface area contributed by atoms with Gasteiger partial charge in [-0.05, 0) is 12.8 Å². The molecule has 0 aliphatic rings. The average molecular weight is 390 g/mol. The van der Waals surface area contributed by atoms with Crippen molar-refractivity contribution in [2.45, 2.75) is 57.8 Å². The number of nitrogens with zero attached hydrogens (tertiary/aromatic N) is 1. The third-order valence-electron chi connectivity index (χ3n) is 3.83. The third-order valence-corrected chi connectivity index (χ3v) is 3.83. The normalized spacial score (nSPS) is 10.6.